The second kappa shape index (κ2) is 13.4. The van der Waals surface area contributed by atoms with E-state index in [0.717, 1.165) is 48.2 Å². The van der Waals surface area contributed by atoms with Crippen molar-refractivity contribution in [3.63, 3.8) is 0 Å². The molecule has 8 nitrogen and oxygen atoms in total. The third-order valence-corrected chi connectivity index (χ3v) is 7.11. The average molecular weight is 531 g/mol. The molecule has 2 aromatic carbocycles. The molecule has 2 aliphatic rings. The number of aliphatic carboxylic acids is 1. The van der Waals surface area contributed by atoms with Gasteiger partial charge in [-0.3, -0.25) is 4.79 Å². The summed E-state index contributed by atoms with van der Waals surface area (Å²) in [6.45, 7) is 4.62. The van der Waals surface area contributed by atoms with Crippen molar-refractivity contribution in [3.05, 3.63) is 59.7 Å². The lowest BCUT2D eigenvalue weighted by Gasteiger charge is -2.31. The lowest BCUT2D eigenvalue weighted by molar-refractivity contribution is -0.149. The first-order valence-corrected chi connectivity index (χ1v) is 12.7. The number of benzene rings is 2. The molecule has 9 heteroatoms. The number of ether oxygens (including phenoxy) is 2. The normalized spacial score (nSPS) is 16.1. The summed E-state index contributed by atoms with van der Waals surface area (Å²) in [5.41, 5.74) is 4.48. The van der Waals surface area contributed by atoms with Crippen LogP contribution in [0.4, 0.5) is 4.79 Å². The molecule has 1 fully saturated rings. The number of nitrogens with zero attached hydrogens (tertiary/aromatic N) is 1. The number of carbonyl (C=O) groups excluding carboxylic acids is 2. The number of hydrogen-bond donors (Lipinski definition) is 2. The molecule has 2 N–H and O–H groups in total. The summed E-state index contributed by atoms with van der Waals surface area (Å²) in [4.78, 5) is 38.4. The lowest BCUT2D eigenvalue weighted by Crippen LogP contribution is -2.42. The van der Waals surface area contributed by atoms with Gasteiger partial charge in [-0.1, -0.05) is 48.5 Å². The highest BCUT2D eigenvalue weighted by Gasteiger charge is 2.30. The van der Waals surface area contributed by atoms with Crippen molar-refractivity contribution < 1.29 is 29.0 Å². The van der Waals surface area contributed by atoms with Gasteiger partial charge in [0.05, 0.1) is 12.5 Å². The zero-order valence-corrected chi connectivity index (χ0v) is 21.9. The van der Waals surface area contributed by atoms with Crippen LogP contribution in [0.1, 0.15) is 49.7 Å². The Labute approximate surface area is 223 Å². The topological polar surface area (TPSA) is 105 Å². The smallest absolute Gasteiger partial charge is 0.407 e. The van der Waals surface area contributed by atoms with Crippen LogP contribution in [-0.2, 0) is 19.1 Å². The van der Waals surface area contributed by atoms with Crippen molar-refractivity contribution in [1.82, 2.24) is 10.2 Å². The quantitative estimate of drug-likeness (QED) is 0.437. The molecule has 0 radical (unpaired) electrons. The number of carboxylic acids is 1. The van der Waals surface area contributed by atoms with Gasteiger partial charge in [-0.05, 0) is 74.5 Å². The Hall–Kier alpha value is -3.10. The van der Waals surface area contributed by atoms with Crippen LogP contribution in [0.5, 0.6) is 0 Å². The SMILES string of the molecule is CCOC(=O)C1CCN(CCCC(NC(=O)OCC2c3ccccc3-c3ccccc32)C(=O)O)CC1.Cl. The van der Waals surface area contributed by atoms with E-state index in [1.165, 1.54) is 0 Å². The minimum Gasteiger partial charge on any atom is -0.480 e. The molecule has 1 aliphatic carbocycles. The number of alkyl carbamates (subject to hydrolysis) is 1. The number of esters is 1. The molecule has 1 aliphatic heterocycles. The highest BCUT2D eigenvalue weighted by atomic mass is 35.5. The van der Waals surface area contributed by atoms with Crippen LogP contribution in [0.25, 0.3) is 11.1 Å². The number of fused-ring (bicyclic) bond motifs is 3. The molecule has 0 spiro atoms. The van der Waals surface area contributed by atoms with E-state index in [0.29, 0.717) is 26.0 Å². The molecule has 1 atom stereocenters. The molecule has 0 aromatic heterocycles. The molecule has 4 rings (SSSR count). The molecule has 37 heavy (non-hydrogen) atoms. The van der Waals surface area contributed by atoms with Gasteiger partial charge in [-0.15, -0.1) is 12.4 Å². The highest BCUT2D eigenvalue weighted by Crippen LogP contribution is 2.44. The molecule has 1 saturated heterocycles. The summed E-state index contributed by atoms with van der Waals surface area (Å²) in [6, 6.07) is 15.1. The van der Waals surface area contributed by atoms with Gasteiger partial charge in [0.2, 0.25) is 0 Å². The van der Waals surface area contributed by atoms with E-state index < -0.39 is 18.1 Å². The van der Waals surface area contributed by atoms with E-state index in [4.69, 9.17) is 9.47 Å². The van der Waals surface area contributed by atoms with Crippen LogP contribution in [-0.4, -0.2) is 66.9 Å². The van der Waals surface area contributed by atoms with Crippen molar-refractivity contribution in [2.24, 2.45) is 5.92 Å². The van der Waals surface area contributed by atoms with Crippen LogP contribution in [0, 0.1) is 5.92 Å². The van der Waals surface area contributed by atoms with Crippen LogP contribution in [0.2, 0.25) is 0 Å². The van der Waals surface area contributed by atoms with Crippen molar-refractivity contribution in [3.8, 4) is 11.1 Å². The van der Waals surface area contributed by atoms with E-state index in [1.54, 1.807) is 0 Å². The second-order valence-electron chi connectivity index (χ2n) is 9.37. The fourth-order valence-electron chi connectivity index (χ4n) is 5.21. The minimum absolute atomic E-state index is 0. The summed E-state index contributed by atoms with van der Waals surface area (Å²) in [5.74, 6) is -1.34. The molecule has 1 heterocycles. The zero-order valence-electron chi connectivity index (χ0n) is 21.1. The largest absolute Gasteiger partial charge is 0.480 e. The van der Waals surface area contributed by atoms with Gasteiger partial charge in [0.25, 0.3) is 0 Å². The lowest BCUT2D eigenvalue weighted by atomic mass is 9.97. The Morgan fingerprint density at radius 3 is 2.16 bits per heavy atom. The Morgan fingerprint density at radius 2 is 1.59 bits per heavy atom. The summed E-state index contributed by atoms with van der Waals surface area (Å²) in [5, 5.41) is 12.1. The Kier molecular flexibility index (Phi) is 10.3. The van der Waals surface area contributed by atoms with Crippen LogP contribution < -0.4 is 5.32 Å². The highest BCUT2D eigenvalue weighted by molar-refractivity contribution is 5.85. The maximum absolute atomic E-state index is 12.5. The van der Waals surface area contributed by atoms with Gasteiger partial charge in [-0.25, -0.2) is 9.59 Å². The van der Waals surface area contributed by atoms with Crippen LogP contribution in [0.3, 0.4) is 0 Å². The first-order valence-electron chi connectivity index (χ1n) is 12.7. The first-order chi connectivity index (χ1) is 17.5. The van der Waals surface area contributed by atoms with E-state index in [1.807, 2.05) is 43.3 Å². The van der Waals surface area contributed by atoms with E-state index >= 15 is 0 Å². The van der Waals surface area contributed by atoms with Gasteiger partial charge >= 0.3 is 18.0 Å². The average Bonchev–Trinajstić information content (AvgIpc) is 3.21. The van der Waals surface area contributed by atoms with Crippen molar-refractivity contribution in [2.75, 3.05) is 32.8 Å². The molecule has 2 aromatic rings. The summed E-state index contributed by atoms with van der Waals surface area (Å²) in [7, 11) is 0. The number of amides is 1. The second-order valence-corrected chi connectivity index (χ2v) is 9.37. The number of piperidine rings is 1. The third-order valence-electron chi connectivity index (χ3n) is 7.11. The number of nitrogens with one attached hydrogen (secondary N) is 1. The molecule has 1 unspecified atom stereocenters. The number of halogens is 1. The van der Waals surface area contributed by atoms with Gasteiger partial charge in [0.15, 0.2) is 0 Å². The molecular formula is C28H35ClN2O6. The number of carboxylic acid groups (broad SMARTS) is 1. The van der Waals surface area contributed by atoms with Crippen molar-refractivity contribution >= 4 is 30.4 Å². The third kappa shape index (κ3) is 7.02. The van der Waals surface area contributed by atoms with Crippen LogP contribution >= 0.6 is 12.4 Å². The maximum Gasteiger partial charge on any atom is 0.407 e. The Morgan fingerprint density at radius 1 is 1.00 bits per heavy atom. The molecule has 200 valence electrons. The van der Waals surface area contributed by atoms with Crippen molar-refractivity contribution in [2.45, 2.75) is 44.6 Å². The standard InChI is InChI=1S/C28H34N2O6.ClH/c1-2-35-27(33)19-13-16-30(17-14-19)15-7-12-25(26(31)32)29-28(34)36-18-24-22-10-5-3-8-20(22)21-9-4-6-11-23(21)24;/h3-6,8-11,19,24-25H,2,7,12-18H2,1H3,(H,29,34)(H,31,32);1H. The molecular weight excluding hydrogens is 496 g/mol. The molecule has 0 bridgehead atoms. The zero-order chi connectivity index (χ0) is 25.5. The fourth-order valence-corrected chi connectivity index (χ4v) is 5.21. The molecule has 0 saturated carbocycles. The maximum atomic E-state index is 12.5. The number of carbonyl (C=O) groups is 3. The van der Waals surface area contributed by atoms with E-state index in [-0.39, 0.29) is 36.8 Å². The first kappa shape index (κ1) is 28.5. The Balaban J connectivity index is 0.00000380. The van der Waals surface area contributed by atoms with Crippen LogP contribution in [0.15, 0.2) is 48.5 Å². The monoisotopic (exact) mass is 530 g/mol. The molecule has 1 amide bonds. The fraction of sp³-hybridized carbons (Fsp3) is 0.464. The number of likely N-dealkylation sites (tertiary alicyclic amines) is 1. The summed E-state index contributed by atoms with van der Waals surface area (Å²) < 4.78 is 10.6. The Bertz CT molecular complexity index is 1040. The van der Waals surface area contributed by atoms with Gasteiger partial charge < -0.3 is 24.8 Å². The summed E-state index contributed by atoms with van der Waals surface area (Å²) >= 11 is 0. The van der Waals surface area contributed by atoms with E-state index in [2.05, 4.69) is 22.3 Å². The van der Waals surface area contributed by atoms with Gasteiger partial charge in [-0.2, -0.15) is 0 Å². The van der Waals surface area contributed by atoms with Gasteiger partial charge in [0.1, 0.15) is 12.6 Å². The van der Waals surface area contributed by atoms with Crippen molar-refractivity contribution in [1.29, 1.82) is 0 Å². The number of hydrogen-bond acceptors (Lipinski definition) is 6. The predicted molar refractivity (Wildman–Crippen MR) is 142 cm³/mol. The summed E-state index contributed by atoms with van der Waals surface area (Å²) in [6.07, 6.45) is 1.69. The minimum atomic E-state index is -1.08. The van der Waals surface area contributed by atoms with Gasteiger partial charge in [0, 0.05) is 5.92 Å². The predicted octanol–water partition coefficient (Wildman–Crippen LogP) is 4.46. The van der Waals surface area contributed by atoms with E-state index in [9.17, 15) is 19.5 Å². The number of rotatable bonds is 10.